The minimum atomic E-state index is 0.161. The molecule has 0 spiro atoms. The molecule has 4 fully saturated rings. The number of nitrogens with zero attached hydrogens (tertiary/aromatic N) is 3. The van der Waals surface area contributed by atoms with E-state index in [-0.39, 0.29) is 11.3 Å². The second-order valence-electron chi connectivity index (χ2n) is 11.7. The highest BCUT2D eigenvalue weighted by Crippen LogP contribution is 2.67. The number of aromatic nitrogens is 2. The standard InChI is InChI=1S/C26H37N3O/c1-17-8-10-25(2)19(12-17)4-5-20-21-6-7-23(26(21,3)11-9-22(20)25)24(30)16-29-15-18(13-27)14-28-29/h14-15,17,19-23H,4-12,16H2,1-3H3. The largest absolute Gasteiger partial charge is 0.297 e. The van der Waals surface area contributed by atoms with Crippen LogP contribution in [-0.2, 0) is 11.3 Å². The topological polar surface area (TPSA) is 58.7 Å². The van der Waals surface area contributed by atoms with Gasteiger partial charge in [-0.25, -0.2) is 0 Å². The molecule has 4 heteroatoms. The van der Waals surface area contributed by atoms with Crippen LogP contribution in [0.5, 0.6) is 0 Å². The van der Waals surface area contributed by atoms with E-state index in [0.29, 0.717) is 23.3 Å². The van der Waals surface area contributed by atoms with Crippen LogP contribution in [0.2, 0.25) is 0 Å². The van der Waals surface area contributed by atoms with Crippen molar-refractivity contribution in [3.63, 3.8) is 0 Å². The first-order valence-electron chi connectivity index (χ1n) is 12.3. The Balaban J connectivity index is 1.34. The second-order valence-corrected chi connectivity index (χ2v) is 11.7. The van der Waals surface area contributed by atoms with Gasteiger partial charge in [-0.1, -0.05) is 27.2 Å². The third-order valence-corrected chi connectivity index (χ3v) is 10.4. The van der Waals surface area contributed by atoms with Gasteiger partial charge in [0.1, 0.15) is 6.07 Å². The molecule has 8 unspecified atom stereocenters. The molecule has 8 atom stereocenters. The number of carbonyl (C=O) groups is 1. The Morgan fingerprint density at radius 3 is 2.67 bits per heavy atom. The number of rotatable bonds is 3. The van der Waals surface area contributed by atoms with Crippen LogP contribution in [0.15, 0.2) is 12.4 Å². The lowest BCUT2D eigenvalue weighted by atomic mass is 9.44. The van der Waals surface area contributed by atoms with E-state index in [2.05, 4.69) is 31.9 Å². The molecule has 162 valence electrons. The van der Waals surface area contributed by atoms with Gasteiger partial charge in [-0.2, -0.15) is 10.4 Å². The van der Waals surface area contributed by atoms with Crippen LogP contribution in [0, 0.1) is 57.7 Å². The van der Waals surface area contributed by atoms with Crippen molar-refractivity contribution >= 4 is 5.78 Å². The number of fused-ring (bicyclic) bond motifs is 5. The molecular weight excluding hydrogens is 370 g/mol. The lowest BCUT2D eigenvalue weighted by Crippen LogP contribution is -2.53. The summed E-state index contributed by atoms with van der Waals surface area (Å²) in [7, 11) is 0. The fraction of sp³-hybridized carbons (Fsp3) is 0.808. The van der Waals surface area contributed by atoms with Crippen molar-refractivity contribution in [2.45, 2.75) is 85.1 Å². The molecule has 4 aliphatic carbocycles. The lowest BCUT2D eigenvalue weighted by molar-refractivity contribution is -0.137. The molecule has 0 aromatic carbocycles. The molecule has 1 heterocycles. The predicted octanol–water partition coefficient (Wildman–Crippen LogP) is 5.62. The summed E-state index contributed by atoms with van der Waals surface area (Å²) in [6.45, 7) is 7.84. The Kier molecular flexibility index (Phi) is 4.88. The molecule has 0 amide bonds. The summed E-state index contributed by atoms with van der Waals surface area (Å²) < 4.78 is 1.67. The molecule has 30 heavy (non-hydrogen) atoms. The van der Waals surface area contributed by atoms with Gasteiger partial charge in [0.2, 0.25) is 0 Å². The van der Waals surface area contributed by atoms with Crippen molar-refractivity contribution in [3.05, 3.63) is 18.0 Å². The van der Waals surface area contributed by atoms with Crippen molar-refractivity contribution in [2.24, 2.45) is 46.3 Å². The fourth-order valence-corrected chi connectivity index (χ4v) is 8.78. The number of hydrogen-bond acceptors (Lipinski definition) is 3. The molecule has 0 saturated heterocycles. The van der Waals surface area contributed by atoms with Gasteiger partial charge < -0.3 is 0 Å². The first kappa shape index (κ1) is 20.3. The minimum Gasteiger partial charge on any atom is -0.297 e. The highest BCUT2D eigenvalue weighted by atomic mass is 16.1. The third-order valence-electron chi connectivity index (χ3n) is 10.4. The zero-order valence-electron chi connectivity index (χ0n) is 18.9. The van der Waals surface area contributed by atoms with Gasteiger partial charge in [0.25, 0.3) is 0 Å². The molecule has 5 rings (SSSR count). The van der Waals surface area contributed by atoms with E-state index in [4.69, 9.17) is 5.26 Å². The molecule has 0 radical (unpaired) electrons. The van der Waals surface area contributed by atoms with Crippen LogP contribution in [-0.4, -0.2) is 15.6 Å². The van der Waals surface area contributed by atoms with Gasteiger partial charge >= 0.3 is 0 Å². The maximum Gasteiger partial charge on any atom is 0.157 e. The van der Waals surface area contributed by atoms with Crippen molar-refractivity contribution in [2.75, 3.05) is 0 Å². The monoisotopic (exact) mass is 407 g/mol. The number of Topliss-reactive ketones (excluding diaryl/α,β-unsaturated/α-hetero) is 1. The maximum absolute atomic E-state index is 13.3. The van der Waals surface area contributed by atoms with Gasteiger partial charge in [-0.15, -0.1) is 0 Å². The fourth-order valence-electron chi connectivity index (χ4n) is 8.78. The van der Waals surface area contributed by atoms with Crippen molar-refractivity contribution < 1.29 is 4.79 Å². The van der Waals surface area contributed by atoms with Gasteiger partial charge in [-0.05, 0) is 91.8 Å². The molecule has 0 N–H and O–H groups in total. The number of hydrogen-bond donors (Lipinski definition) is 0. The SMILES string of the molecule is CC1CCC2(C)C(CCC3C2CCC2(C)C(C(=O)Cn4cc(C#N)cn4)CCC32)C1. The number of carbonyl (C=O) groups excluding carboxylic acids is 1. The van der Waals surface area contributed by atoms with Crippen molar-refractivity contribution in [1.82, 2.24) is 9.78 Å². The van der Waals surface area contributed by atoms with Gasteiger partial charge in [-0.3, -0.25) is 9.48 Å². The highest BCUT2D eigenvalue weighted by Gasteiger charge is 2.60. The zero-order valence-corrected chi connectivity index (χ0v) is 18.9. The summed E-state index contributed by atoms with van der Waals surface area (Å²) in [5.41, 5.74) is 1.24. The molecule has 4 nitrogen and oxygen atoms in total. The Bertz CT molecular complexity index is 868. The molecule has 4 aliphatic rings. The summed E-state index contributed by atoms with van der Waals surface area (Å²) in [6, 6.07) is 2.11. The quantitative estimate of drug-likeness (QED) is 0.653. The summed E-state index contributed by atoms with van der Waals surface area (Å²) >= 11 is 0. The van der Waals surface area contributed by atoms with Crippen LogP contribution < -0.4 is 0 Å². The summed E-state index contributed by atoms with van der Waals surface area (Å²) in [6.07, 6.45) is 15.2. The van der Waals surface area contributed by atoms with Crippen molar-refractivity contribution in [3.8, 4) is 6.07 Å². The lowest BCUT2D eigenvalue weighted by Gasteiger charge is -2.61. The van der Waals surface area contributed by atoms with Crippen LogP contribution in [0.1, 0.15) is 84.1 Å². The first-order chi connectivity index (χ1) is 14.3. The van der Waals surface area contributed by atoms with Gasteiger partial charge in [0.15, 0.2) is 5.78 Å². The van der Waals surface area contributed by atoms with Crippen LogP contribution in [0.25, 0.3) is 0 Å². The number of ketones is 1. The van der Waals surface area contributed by atoms with Crippen LogP contribution >= 0.6 is 0 Å². The van der Waals surface area contributed by atoms with Gasteiger partial charge in [0, 0.05) is 12.1 Å². The van der Waals surface area contributed by atoms with E-state index in [9.17, 15) is 4.79 Å². The molecule has 0 bridgehead atoms. The maximum atomic E-state index is 13.3. The van der Waals surface area contributed by atoms with E-state index >= 15 is 0 Å². The normalized spacial score (nSPS) is 45.1. The van der Waals surface area contributed by atoms with E-state index < -0.39 is 0 Å². The molecule has 4 saturated carbocycles. The van der Waals surface area contributed by atoms with E-state index in [1.165, 1.54) is 51.4 Å². The average Bonchev–Trinajstić information content (AvgIpc) is 3.32. The van der Waals surface area contributed by atoms with E-state index in [0.717, 1.165) is 36.0 Å². The molecule has 1 aromatic heterocycles. The van der Waals surface area contributed by atoms with E-state index in [1.54, 1.807) is 17.1 Å². The molecule has 1 aromatic rings. The van der Waals surface area contributed by atoms with Crippen LogP contribution in [0.4, 0.5) is 0 Å². The van der Waals surface area contributed by atoms with Gasteiger partial charge in [0.05, 0.1) is 18.3 Å². The Morgan fingerprint density at radius 2 is 1.90 bits per heavy atom. The summed E-state index contributed by atoms with van der Waals surface area (Å²) in [5, 5.41) is 13.3. The Hall–Kier alpha value is -1.63. The van der Waals surface area contributed by atoms with Crippen LogP contribution in [0.3, 0.4) is 0 Å². The molecular formula is C26H37N3O. The average molecular weight is 408 g/mol. The summed E-state index contributed by atoms with van der Waals surface area (Å²) in [4.78, 5) is 13.3. The Labute approximate surface area is 181 Å². The minimum absolute atomic E-state index is 0.161. The highest BCUT2D eigenvalue weighted by molar-refractivity contribution is 5.82. The smallest absolute Gasteiger partial charge is 0.157 e. The molecule has 0 aliphatic heterocycles. The predicted molar refractivity (Wildman–Crippen MR) is 116 cm³/mol. The second kappa shape index (κ2) is 7.21. The zero-order chi connectivity index (χ0) is 21.1. The number of nitriles is 1. The van der Waals surface area contributed by atoms with Crippen molar-refractivity contribution in [1.29, 1.82) is 5.26 Å². The Morgan fingerprint density at radius 1 is 1.13 bits per heavy atom. The van der Waals surface area contributed by atoms with E-state index in [1.807, 2.05) is 0 Å². The first-order valence-corrected chi connectivity index (χ1v) is 12.3. The summed E-state index contributed by atoms with van der Waals surface area (Å²) in [5.74, 6) is 4.75. The third kappa shape index (κ3) is 2.99.